The Labute approximate surface area is 119 Å². The lowest BCUT2D eigenvalue weighted by Crippen LogP contribution is -2.44. The van der Waals surface area contributed by atoms with Crippen LogP contribution in [0.4, 0.5) is 0 Å². The summed E-state index contributed by atoms with van der Waals surface area (Å²) in [6.07, 6.45) is 1.93. The molecule has 2 N–H and O–H groups in total. The standard InChI is InChI=1S/C15H21N3O2/c16-15(18-6-9-19-10-7-18)17-5-3-12-1-2-14-13(11-12)4-8-20-14/h1-2,11H,3-10H2,(H2,16,17). The number of nitrogens with two attached hydrogens (primary N) is 1. The third kappa shape index (κ3) is 3.04. The van der Waals surface area contributed by atoms with E-state index in [1.807, 2.05) is 0 Å². The summed E-state index contributed by atoms with van der Waals surface area (Å²) in [7, 11) is 0. The van der Waals surface area contributed by atoms with Crippen molar-refractivity contribution >= 4 is 5.96 Å². The molecule has 0 unspecified atom stereocenters. The minimum absolute atomic E-state index is 0.637. The molecule has 3 rings (SSSR count). The van der Waals surface area contributed by atoms with Gasteiger partial charge >= 0.3 is 0 Å². The van der Waals surface area contributed by atoms with E-state index in [2.05, 4.69) is 28.1 Å². The number of guanidine groups is 1. The van der Waals surface area contributed by atoms with Crippen molar-refractivity contribution in [3.63, 3.8) is 0 Å². The van der Waals surface area contributed by atoms with Crippen molar-refractivity contribution in [2.24, 2.45) is 10.7 Å². The molecule has 1 fully saturated rings. The predicted molar refractivity (Wildman–Crippen MR) is 78.2 cm³/mol. The minimum Gasteiger partial charge on any atom is -0.493 e. The van der Waals surface area contributed by atoms with Crippen molar-refractivity contribution < 1.29 is 9.47 Å². The SMILES string of the molecule is NC(=NCCc1ccc2c(c1)CCO2)N1CCOCC1. The third-order valence-corrected chi connectivity index (χ3v) is 3.76. The summed E-state index contributed by atoms with van der Waals surface area (Å²) >= 11 is 0. The zero-order valence-electron chi connectivity index (χ0n) is 11.7. The zero-order valence-corrected chi connectivity index (χ0v) is 11.7. The van der Waals surface area contributed by atoms with Gasteiger partial charge in [-0.25, -0.2) is 0 Å². The van der Waals surface area contributed by atoms with Crippen LogP contribution in [0.25, 0.3) is 0 Å². The van der Waals surface area contributed by atoms with E-state index in [1.165, 1.54) is 11.1 Å². The maximum Gasteiger partial charge on any atom is 0.191 e. The highest BCUT2D eigenvalue weighted by Crippen LogP contribution is 2.25. The van der Waals surface area contributed by atoms with Gasteiger partial charge in [0.2, 0.25) is 0 Å². The number of ether oxygens (including phenoxy) is 2. The fourth-order valence-electron chi connectivity index (χ4n) is 2.59. The molecule has 0 aliphatic carbocycles. The summed E-state index contributed by atoms with van der Waals surface area (Å²) in [6.45, 7) is 4.68. The topological polar surface area (TPSA) is 60.1 Å². The van der Waals surface area contributed by atoms with Crippen LogP contribution >= 0.6 is 0 Å². The number of rotatable bonds is 3. The molecule has 0 spiro atoms. The van der Waals surface area contributed by atoms with E-state index in [0.29, 0.717) is 5.96 Å². The normalized spacial score (nSPS) is 18.8. The van der Waals surface area contributed by atoms with Crippen molar-refractivity contribution in [1.29, 1.82) is 0 Å². The van der Waals surface area contributed by atoms with Crippen molar-refractivity contribution in [2.45, 2.75) is 12.8 Å². The number of fused-ring (bicyclic) bond motifs is 1. The summed E-state index contributed by atoms with van der Waals surface area (Å²) < 4.78 is 10.8. The maximum absolute atomic E-state index is 6.00. The van der Waals surface area contributed by atoms with Crippen LogP contribution in [0.3, 0.4) is 0 Å². The van der Waals surface area contributed by atoms with E-state index >= 15 is 0 Å². The van der Waals surface area contributed by atoms with Crippen molar-refractivity contribution in [3.05, 3.63) is 29.3 Å². The van der Waals surface area contributed by atoms with E-state index < -0.39 is 0 Å². The first-order valence-corrected chi connectivity index (χ1v) is 7.20. The second-order valence-electron chi connectivity index (χ2n) is 5.13. The maximum atomic E-state index is 6.00. The molecule has 2 aliphatic heterocycles. The summed E-state index contributed by atoms with van der Waals surface area (Å²) in [5, 5.41) is 0. The highest BCUT2D eigenvalue weighted by atomic mass is 16.5. The molecule has 0 amide bonds. The first-order valence-electron chi connectivity index (χ1n) is 7.20. The van der Waals surface area contributed by atoms with Crippen LogP contribution < -0.4 is 10.5 Å². The predicted octanol–water partition coefficient (Wildman–Crippen LogP) is 0.811. The second kappa shape index (κ2) is 6.13. The van der Waals surface area contributed by atoms with Gasteiger partial charge in [-0.2, -0.15) is 0 Å². The number of nitrogens with zero attached hydrogens (tertiary/aromatic N) is 2. The number of morpholine rings is 1. The van der Waals surface area contributed by atoms with Crippen molar-refractivity contribution in [1.82, 2.24) is 4.90 Å². The Morgan fingerprint density at radius 3 is 2.95 bits per heavy atom. The smallest absolute Gasteiger partial charge is 0.191 e. The van der Waals surface area contributed by atoms with Gasteiger partial charge in [0.1, 0.15) is 5.75 Å². The van der Waals surface area contributed by atoms with Gasteiger partial charge in [0.25, 0.3) is 0 Å². The average Bonchev–Trinajstić information content (AvgIpc) is 2.95. The Bertz CT molecular complexity index is 496. The molecule has 0 aromatic heterocycles. The third-order valence-electron chi connectivity index (χ3n) is 3.76. The molecule has 108 valence electrons. The molecule has 0 saturated carbocycles. The van der Waals surface area contributed by atoms with E-state index in [1.54, 1.807) is 0 Å². The Balaban J connectivity index is 1.54. The van der Waals surface area contributed by atoms with Crippen LogP contribution in [0.1, 0.15) is 11.1 Å². The summed E-state index contributed by atoms with van der Waals surface area (Å²) in [6, 6.07) is 6.40. The van der Waals surface area contributed by atoms with Gasteiger partial charge in [-0.15, -0.1) is 0 Å². The van der Waals surface area contributed by atoms with Gasteiger partial charge in [-0.3, -0.25) is 4.99 Å². The molecule has 0 radical (unpaired) electrons. The molecule has 1 saturated heterocycles. The average molecular weight is 275 g/mol. The molecule has 2 aliphatic rings. The number of hydrogen-bond donors (Lipinski definition) is 1. The fraction of sp³-hybridized carbons (Fsp3) is 0.533. The Morgan fingerprint density at radius 2 is 2.10 bits per heavy atom. The first kappa shape index (κ1) is 13.2. The van der Waals surface area contributed by atoms with Crippen LogP contribution in [-0.4, -0.2) is 50.3 Å². The largest absolute Gasteiger partial charge is 0.493 e. The van der Waals surface area contributed by atoms with Crippen LogP contribution in [0, 0.1) is 0 Å². The molecule has 0 bridgehead atoms. The molecular formula is C15H21N3O2. The molecule has 5 heteroatoms. The molecule has 1 aromatic carbocycles. The molecule has 2 heterocycles. The van der Waals surface area contributed by atoms with Gasteiger partial charge in [-0.05, 0) is 23.6 Å². The molecule has 20 heavy (non-hydrogen) atoms. The number of benzene rings is 1. The Morgan fingerprint density at radius 1 is 1.25 bits per heavy atom. The minimum atomic E-state index is 0.637. The van der Waals surface area contributed by atoms with E-state index in [-0.39, 0.29) is 0 Å². The fourth-order valence-corrected chi connectivity index (χ4v) is 2.59. The summed E-state index contributed by atoms with van der Waals surface area (Å²) in [5.74, 6) is 1.67. The Hall–Kier alpha value is -1.75. The number of aliphatic imine (C=N–C) groups is 1. The molecule has 0 atom stereocenters. The quantitative estimate of drug-likeness (QED) is 0.655. The van der Waals surface area contributed by atoms with E-state index in [9.17, 15) is 0 Å². The van der Waals surface area contributed by atoms with Gasteiger partial charge in [0, 0.05) is 26.1 Å². The van der Waals surface area contributed by atoms with Crippen LogP contribution in [-0.2, 0) is 17.6 Å². The monoisotopic (exact) mass is 275 g/mol. The van der Waals surface area contributed by atoms with Crippen LogP contribution in [0.5, 0.6) is 5.75 Å². The van der Waals surface area contributed by atoms with Gasteiger partial charge in [0.15, 0.2) is 5.96 Å². The van der Waals surface area contributed by atoms with Crippen molar-refractivity contribution in [2.75, 3.05) is 39.5 Å². The van der Waals surface area contributed by atoms with E-state index in [4.69, 9.17) is 15.2 Å². The highest BCUT2D eigenvalue weighted by Gasteiger charge is 2.13. The molecule has 1 aromatic rings. The lowest BCUT2D eigenvalue weighted by molar-refractivity contribution is 0.0674. The number of hydrogen-bond acceptors (Lipinski definition) is 3. The second-order valence-corrected chi connectivity index (χ2v) is 5.13. The molecule has 5 nitrogen and oxygen atoms in total. The Kier molecular flexibility index (Phi) is 4.06. The van der Waals surface area contributed by atoms with Gasteiger partial charge in [0.05, 0.1) is 19.8 Å². The lowest BCUT2D eigenvalue weighted by Gasteiger charge is -2.27. The van der Waals surface area contributed by atoms with Gasteiger partial charge < -0.3 is 20.1 Å². The van der Waals surface area contributed by atoms with Crippen molar-refractivity contribution in [3.8, 4) is 5.75 Å². The zero-order chi connectivity index (χ0) is 13.8. The summed E-state index contributed by atoms with van der Waals surface area (Å²) in [4.78, 5) is 6.55. The lowest BCUT2D eigenvalue weighted by atomic mass is 10.1. The van der Waals surface area contributed by atoms with E-state index in [0.717, 1.165) is 58.0 Å². The summed E-state index contributed by atoms with van der Waals surface area (Å²) in [5.41, 5.74) is 8.61. The van der Waals surface area contributed by atoms with Crippen LogP contribution in [0.2, 0.25) is 0 Å². The van der Waals surface area contributed by atoms with Gasteiger partial charge in [-0.1, -0.05) is 12.1 Å². The van der Waals surface area contributed by atoms with Crippen LogP contribution in [0.15, 0.2) is 23.2 Å². The first-order chi connectivity index (χ1) is 9.83. The highest BCUT2D eigenvalue weighted by molar-refractivity contribution is 5.78. The molecular weight excluding hydrogens is 254 g/mol.